The Bertz CT molecular complexity index is 875. The van der Waals surface area contributed by atoms with E-state index in [0.29, 0.717) is 17.0 Å². The Balaban J connectivity index is 1.86. The zero-order valence-electron chi connectivity index (χ0n) is 13.6. The van der Waals surface area contributed by atoms with Crippen molar-refractivity contribution in [2.75, 3.05) is 12.4 Å². The minimum atomic E-state index is -0.209. The molecule has 1 aromatic heterocycles. The number of nitrogens with zero attached hydrogens (tertiary/aromatic N) is 4. The van der Waals surface area contributed by atoms with Crippen molar-refractivity contribution >= 4 is 11.6 Å². The first-order valence-electron chi connectivity index (χ1n) is 7.38. The first kappa shape index (κ1) is 15.7. The van der Waals surface area contributed by atoms with E-state index in [1.807, 2.05) is 38.1 Å². The highest BCUT2D eigenvalue weighted by atomic mass is 16.5. The van der Waals surface area contributed by atoms with Gasteiger partial charge in [-0.3, -0.25) is 4.79 Å². The molecule has 0 spiro atoms. The molecule has 3 rings (SSSR count). The van der Waals surface area contributed by atoms with Crippen molar-refractivity contribution < 1.29 is 9.53 Å². The number of carbonyl (C=O) groups is 1. The fourth-order valence-corrected chi connectivity index (χ4v) is 2.37. The summed E-state index contributed by atoms with van der Waals surface area (Å²) in [4.78, 5) is 12.5. The topological polar surface area (TPSA) is 81.9 Å². The molecular weight excluding hydrogens is 306 g/mol. The number of aryl methyl sites for hydroxylation is 2. The molecule has 0 atom stereocenters. The number of aromatic nitrogens is 4. The second-order valence-corrected chi connectivity index (χ2v) is 5.39. The molecule has 0 aliphatic rings. The number of ether oxygens (including phenoxy) is 1. The van der Waals surface area contributed by atoms with Crippen LogP contribution in [0.1, 0.15) is 21.5 Å². The summed E-state index contributed by atoms with van der Waals surface area (Å²) in [7, 11) is 1.59. The molecule has 0 aliphatic heterocycles. The Morgan fingerprint density at radius 1 is 1.12 bits per heavy atom. The summed E-state index contributed by atoms with van der Waals surface area (Å²) in [5.74, 6) is 0.473. The molecule has 7 nitrogen and oxygen atoms in total. The molecule has 0 saturated carbocycles. The first-order chi connectivity index (χ1) is 11.6. The van der Waals surface area contributed by atoms with Crippen LogP contribution >= 0.6 is 0 Å². The van der Waals surface area contributed by atoms with Gasteiger partial charge in [-0.2, -0.15) is 0 Å². The molecule has 2 aromatic carbocycles. The molecule has 7 heteroatoms. The number of benzene rings is 2. The molecule has 0 unspecified atom stereocenters. The lowest BCUT2D eigenvalue weighted by atomic mass is 10.1. The number of carbonyl (C=O) groups excluding carboxylic acids is 1. The van der Waals surface area contributed by atoms with Gasteiger partial charge in [0.05, 0.1) is 12.8 Å². The van der Waals surface area contributed by atoms with Crippen LogP contribution in [0.2, 0.25) is 0 Å². The number of methoxy groups -OCH3 is 1. The first-order valence-corrected chi connectivity index (χ1v) is 7.38. The zero-order valence-corrected chi connectivity index (χ0v) is 13.6. The van der Waals surface area contributed by atoms with E-state index in [4.69, 9.17) is 4.74 Å². The van der Waals surface area contributed by atoms with Crippen LogP contribution in [0, 0.1) is 13.8 Å². The number of rotatable bonds is 4. The summed E-state index contributed by atoms with van der Waals surface area (Å²) >= 11 is 0. The molecule has 0 aliphatic carbocycles. The molecule has 1 N–H and O–H groups in total. The lowest BCUT2D eigenvalue weighted by Gasteiger charge is -2.11. The summed E-state index contributed by atoms with van der Waals surface area (Å²) in [6, 6.07) is 10.9. The Labute approximate surface area is 139 Å². The molecule has 1 amide bonds. The van der Waals surface area contributed by atoms with Crippen LogP contribution in [0.15, 0.2) is 42.7 Å². The minimum Gasteiger partial charge on any atom is -0.496 e. The van der Waals surface area contributed by atoms with Crippen LogP contribution in [-0.4, -0.2) is 33.2 Å². The van der Waals surface area contributed by atoms with Gasteiger partial charge < -0.3 is 10.1 Å². The second kappa shape index (κ2) is 6.49. The third-order valence-electron chi connectivity index (χ3n) is 3.73. The normalized spacial score (nSPS) is 10.5. The van der Waals surface area contributed by atoms with Crippen LogP contribution in [0.25, 0.3) is 5.69 Å². The Hall–Kier alpha value is -3.22. The van der Waals surface area contributed by atoms with Gasteiger partial charge in [0, 0.05) is 11.3 Å². The van der Waals surface area contributed by atoms with Gasteiger partial charge in [0.2, 0.25) is 0 Å². The number of hydrogen-bond acceptors (Lipinski definition) is 5. The van der Waals surface area contributed by atoms with E-state index in [9.17, 15) is 4.79 Å². The highest BCUT2D eigenvalue weighted by Gasteiger charge is 2.11. The van der Waals surface area contributed by atoms with Gasteiger partial charge in [-0.15, -0.1) is 5.10 Å². The average Bonchev–Trinajstić information content (AvgIpc) is 3.11. The highest BCUT2D eigenvalue weighted by molar-refractivity contribution is 6.04. The fourth-order valence-electron chi connectivity index (χ4n) is 2.37. The third kappa shape index (κ3) is 3.10. The molecule has 1 heterocycles. The van der Waals surface area contributed by atoms with Crippen molar-refractivity contribution in [3.05, 3.63) is 59.4 Å². The van der Waals surface area contributed by atoms with Crippen molar-refractivity contribution in [1.82, 2.24) is 20.2 Å². The minimum absolute atomic E-state index is 0.209. The standard InChI is InChI=1S/C17H17N5O2/c1-11-5-7-14(9-15(11)22-10-18-20-21-22)19-17(23)13-6-4-12(2)16(8-13)24-3/h4-10H,1-3H3,(H,19,23). The average molecular weight is 323 g/mol. The summed E-state index contributed by atoms with van der Waals surface area (Å²) in [6.45, 7) is 3.88. The number of amides is 1. The summed E-state index contributed by atoms with van der Waals surface area (Å²) in [5, 5.41) is 14.0. The quantitative estimate of drug-likeness (QED) is 0.798. The molecular formula is C17H17N5O2. The third-order valence-corrected chi connectivity index (χ3v) is 3.73. The number of hydrogen-bond donors (Lipinski definition) is 1. The predicted molar refractivity (Wildman–Crippen MR) is 89.6 cm³/mol. The Morgan fingerprint density at radius 3 is 2.62 bits per heavy atom. The van der Waals surface area contributed by atoms with E-state index < -0.39 is 0 Å². The van der Waals surface area contributed by atoms with Gasteiger partial charge in [-0.25, -0.2) is 4.68 Å². The maximum Gasteiger partial charge on any atom is 0.255 e. The number of anilines is 1. The molecule has 3 aromatic rings. The van der Waals surface area contributed by atoms with Gasteiger partial charge in [0.15, 0.2) is 0 Å². The van der Waals surface area contributed by atoms with Gasteiger partial charge in [0.25, 0.3) is 5.91 Å². The van der Waals surface area contributed by atoms with Crippen LogP contribution in [0.4, 0.5) is 5.69 Å². The summed E-state index contributed by atoms with van der Waals surface area (Å²) < 4.78 is 6.82. The van der Waals surface area contributed by atoms with E-state index in [-0.39, 0.29) is 5.91 Å². The Kier molecular flexibility index (Phi) is 4.24. The lowest BCUT2D eigenvalue weighted by molar-refractivity contribution is 0.102. The van der Waals surface area contributed by atoms with E-state index in [1.165, 1.54) is 6.33 Å². The number of tetrazole rings is 1. The second-order valence-electron chi connectivity index (χ2n) is 5.39. The van der Waals surface area contributed by atoms with Gasteiger partial charge >= 0.3 is 0 Å². The van der Waals surface area contributed by atoms with Crippen molar-refractivity contribution in [2.45, 2.75) is 13.8 Å². The summed E-state index contributed by atoms with van der Waals surface area (Å²) in [6.07, 6.45) is 1.51. The van der Waals surface area contributed by atoms with Crippen LogP contribution < -0.4 is 10.1 Å². The van der Waals surface area contributed by atoms with E-state index in [2.05, 4.69) is 20.8 Å². The van der Waals surface area contributed by atoms with Crippen LogP contribution in [-0.2, 0) is 0 Å². The monoisotopic (exact) mass is 323 g/mol. The van der Waals surface area contributed by atoms with E-state index >= 15 is 0 Å². The molecule has 122 valence electrons. The zero-order chi connectivity index (χ0) is 17.1. The van der Waals surface area contributed by atoms with E-state index in [1.54, 1.807) is 23.9 Å². The molecule has 0 fully saturated rings. The number of nitrogens with one attached hydrogen (secondary N) is 1. The van der Waals surface area contributed by atoms with Gasteiger partial charge in [0.1, 0.15) is 12.1 Å². The fraction of sp³-hybridized carbons (Fsp3) is 0.176. The van der Waals surface area contributed by atoms with Crippen molar-refractivity contribution in [2.24, 2.45) is 0 Å². The van der Waals surface area contributed by atoms with Gasteiger partial charge in [-0.05, 0) is 59.7 Å². The SMILES string of the molecule is COc1cc(C(=O)Nc2ccc(C)c(-n3cnnn3)c2)ccc1C. The maximum atomic E-state index is 12.5. The van der Waals surface area contributed by atoms with E-state index in [0.717, 1.165) is 16.8 Å². The van der Waals surface area contributed by atoms with Crippen LogP contribution in [0.3, 0.4) is 0 Å². The lowest BCUT2D eigenvalue weighted by Crippen LogP contribution is -2.12. The van der Waals surface area contributed by atoms with Gasteiger partial charge in [-0.1, -0.05) is 12.1 Å². The molecule has 24 heavy (non-hydrogen) atoms. The van der Waals surface area contributed by atoms with Crippen molar-refractivity contribution in [3.63, 3.8) is 0 Å². The van der Waals surface area contributed by atoms with Crippen molar-refractivity contribution in [3.8, 4) is 11.4 Å². The van der Waals surface area contributed by atoms with Crippen molar-refractivity contribution in [1.29, 1.82) is 0 Å². The molecule has 0 bridgehead atoms. The predicted octanol–water partition coefficient (Wildman–Crippen LogP) is 2.54. The maximum absolute atomic E-state index is 12.5. The highest BCUT2D eigenvalue weighted by Crippen LogP contribution is 2.22. The largest absolute Gasteiger partial charge is 0.496 e. The smallest absolute Gasteiger partial charge is 0.255 e. The Morgan fingerprint density at radius 2 is 1.92 bits per heavy atom. The molecule has 0 saturated heterocycles. The molecule has 0 radical (unpaired) electrons. The van der Waals surface area contributed by atoms with Crippen LogP contribution in [0.5, 0.6) is 5.75 Å². The summed E-state index contributed by atoms with van der Waals surface area (Å²) in [5.41, 5.74) is 3.97.